The summed E-state index contributed by atoms with van der Waals surface area (Å²) in [6.45, 7) is 8.85. The van der Waals surface area contributed by atoms with Gasteiger partial charge in [0, 0.05) is 18.3 Å². The van der Waals surface area contributed by atoms with E-state index in [1.165, 1.54) is 0 Å². The first-order chi connectivity index (χ1) is 11.4. The summed E-state index contributed by atoms with van der Waals surface area (Å²) in [6, 6.07) is 15.8. The molecule has 0 saturated carbocycles. The molecule has 3 heteroatoms. The molecule has 0 amide bonds. The molecule has 0 fully saturated rings. The van der Waals surface area contributed by atoms with Crippen molar-refractivity contribution in [3.05, 3.63) is 59.9 Å². The summed E-state index contributed by atoms with van der Waals surface area (Å²) in [5.41, 5.74) is 3.48. The Morgan fingerprint density at radius 3 is 2.50 bits per heavy atom. The van der Waals surface area contributed by atoms with E-state index in [2.05, 4.69) is 37.7 Å². The lowest BCUT2D eigenvalue weighted by atomic mass is 9.79. The van der Waals surface area contributed by atoms with E-state index in [1.807, 2.05) is 54.7 Å². The van der Waals surface area contributed by atoms with Gasteiger partial charge in [0.15, 0.2) is 0 Å². The molecule has 2 rings (SSSR count). The number of rotatable bonds is 6. The third kappa shape index (κ3) is 5.41. The molecule has 1 N–H and O–H groups in total. The van der Waals surface area contributed by atoms with Crippen molar-refractivity contribution in [2.45, 2.75) is 40.5 Å². The summed E-state index contributed by atoms with van der Waals surface area (Å²) < 4.78 is 0. The number of para-hydroxylation sites is 1. The molecule has 0 spiro atoms. The Balaban J connectivity index is 2.01. The SMILES string of the molecule is C[C@H](CC(=N)c1cccc(CC=Nc2ccccc2)n1)C(C)(C)C. The van der Waals surface area contributed by atoms with E-state index in [1.54, 1.807) is 0 Å². The van der Waals surface area contributed by atoms with Gasteiger partial charge in [-0.25, -0.2) is 0 Å². The van der Waals surface area contributed by atoms with Gasteiger partial charge in [-0.1, -0.05) is 52.0 Å². The topological polar surface area (TPSA) is 49.1 Å². The molecule has 0 radical (unpaired) electrons. The van der Waals surface area contributed by atoms with Gasteiger partial charge < -0.3 is 5.41 Å². The highest BCUT2D eigenvalue weighted by Gasteiger charge is 2.22. The highest BCUT2D eigenvalue weighted by atomic mass is 14.7. The van der Waals surface area contributed by atoms with Gasteiger partial charge in [-0.2, -0.15) is 0 Å². The molecule has 126 valence electrons. The lowest BCUT2D eigenvalue weighted by molar-refractivity contribution is 0.269. The minimum atomic E-state index is 0.201. The second kappa shape index (κ2) is 8.00. The Hall–Kier alpha value is -2.29. The van der Waals surface area contributed by atoms with E-state index in [4.69, 9.17) is 5.41 Å². The lowest BCUT2D eigenvalue weighted by Gasteiger charge is -2.27. The van der Waals surface area contributed by atoms with Crippen LogP contribution in [0, 0.1) is 16.7 Å². The van der Waals surface area contributed by atoms with E-state index < -0.39 is 0 Å². The molecular weight excluding hydrogens is 294 g/mol. The summed E-state index contributed by atoms with van der Waals surface area (Å²) in [7, 11) is 0. The molecule has 1 aromatic heterocycles. The van der Waals surface area contributed by atoms with Crippen LogP contribution in [0.1, 0.15) is 45.5 Å². The lowest BCUT2D eigenvalue weighted by Crippen LogP contribution is -2.21. The first-order valence-electron chi connectivity index (χ1n) is 8.47. The van der Waals surface area contributed by atoms with Gasteiger partial charge >= 0.3 is 0 Å². The zero-order chi connectivity index (χ0) is 17.6. The molecule has 2 aromatic rings. The van der Waals surface area contributed by atoms with Gasteiger partial charge in [-0.15, -0.1) is 0 Å². The minimum absolute atomic E-state index is 0.201. The molecule has 0 aliphatic rings. The van der Waals surface area contributed by atoms with Crippen LogP contribution < -0.4 is 0 Å². The Morgan fingerprint density at radius 1 is 1.12 bits per heavy atom. The number of aliphatic imine (C=N–C) groups is 1. The van der Waals surface area contributed by atoms with Crippen LogP contribution in [-0.2, 0) is 6.42 Å². The van der Waals surface area contributed by atoms with Gasteiger partial charge in [0.05, 0.1) is 17.1 Å². The monoisotopic (exact) mass is 321 g/mol. The maximum Gasteiger partial charge on any atom is 0.0840 e. The third-order valence-electron chi connectivity index (χ3n) is 4.40. The number of benzene rings is 1. The Morgan fingerprint density at radius 2 is 1.83 bits per heavy atom. The fraction of sp³-hybridized carbons (Fsp3) is 0.381. The Labute approximate surface area is 145 Å². The molecular formula is C21H27N3. The van der Waals surface area contributed by atoms with Crippen molar-refractivity contribution < 1.29 is 0 Å². The molecule has 0 saturated heterocycles. The largest absolute Gasteiger partial charge is 0.303 e. The summed E-state index contributed by atoms with van der Waals surface area (Å²) in [5.74, 6) is 0.440. The highest BCUT2D eigenvalue weighted by molar-refractivity contribution is 5.96. The fourth-order valence-electron chi connectivity index (χ4n) is 2.24. The van der Waals surface area contributed by atoms with Crippen LogP contribution in [0.5, 0.6) is 0 Å². The highest BCUT2D eigenvalue weighted by Crippen LogP contribution is 2.28. The van der Waals surface area contributed by atoms with Gasteiger partial charge in [0.25, 0.3) is 0 Å². The van der Waals surface area contributed by atoms with Crippen LogP contribution in [0.4, 0.5) is 5.69 Å². The number of nitrogens with zero attached hydrogens (tertiary/aromatic N) is 2. The number of hydrogen-bond acceptors (Lipinski definition) is 3. The van der Waals surface area contributed by atoms with Gasteiger partial charge in [-0.05, 0) is 42.0 Å². The van der Waals surface area contributed by atoms with Crippen molar-refractivity contribution in [1.29, 1.82) is 5.41 Å². The van der Waals surface area contributed by atoms with Crippen LogP contribution in [-0.4, -0.2) is 16.9 Å². The van der Waals surface area contributed by atoms with Crippen molar-refractivity contribution >= 4 is 17.6 Å². The molecule has 0 unspecified atom stereocenters. The third-order valence-corrected chi connectivity index (χ3v) is 4.40. The van der Waals surface area contributed by atoms with Crippen LogP contribution >= 0.6 is 0 Å². The van der Waals surface area contributed by atoms with Crippen LogP contribution in [0.3, 0.4) is 0 Å². The fourth-order valence-corrected chi connectivity index (χ4v) is 2.24. The summed E-state index contributed by atoms with van der Waals surface area (Å²) in [4.78, 5) is 9.06. The van der Waals surface area contributed by atoms with Crippen LogP contribution in [0.2, 0.25) is 0 Å². The van der Waals surface area contributed by atoms with Gasteiger partial charge in [-0.3, -0.25) is 9.98 Å². The average molecular weight is 321 g/mol. The molecule has 24 heavy (non-hydrogen) atoms. The first kappa shape index (κ1) is 18.1. The zero-order valence-electron chi connectivity index (χ0n) is 15.1. The molecule has 3 nitrogen and oxygen atoms in total. The quantitative estimate of drug-likeness (QED) is 0.705. The number of nitrogens with one attached hydrogen (secondary N) is 1. The van der Waals surface area contributed by atoms with Gasteiger partial charge in [0.1, 0.15) is 0 Å². The Kier molecular flexibility index (Phi) is 6.02. The van der Waals surface area contributed by atoms with Crippen molar-refractivity contribution in [2.75, 3.05) is 0 Å². The molecule has 0 bridgehead atoms. The predicted molar refractivity (Wildman–Crippen MR) is 103 cm³/mol. The van der Waals surface area contributed by atoms with Crippen molar-refractivity contribution in [3.8, 4) is 0 Å². The molecule has 1 aromatic carbocycles. The normalized spacial score (nSPS) is 13.2. The van der Waals surface area contributed by atoms with Crippen LogP contribution in [0.25, 0.3) is 0 Å². The van der Waals surface area contributed by atoms with E-state index in [0.29, 0.717) is 18.1 Å². The van der Waals surface area contributed by atoms with E-state index in [9.17, 15) is 0 Å². The van der Waals surface area contributed by atoms with Gasteiger partial charge in [0.2, 0.25) is 0 Å². The zero-order valence-corrected chi connectivity index (χ0v) is 15.1. The maximum atomic E-state index is 8.35. The standard InChI is InChI=1S/C21H27N3/c1-16(21(2,3)4)15-19(22)20-12-8-11-18(24-20)13-14-23-17-9-6-5-7-10-17/h5-12,14,16,22H,13,15H2,1-4H3/t16-/m1/s1. The minimum Gasteiger partial charge on any atom is -0.303 e. The summed E-state index contributed by atoms with van der Waals surface area (Å²) in [5, 5.41) is 8.35. The van der Waals surface area contributed by atoms with Crippen LogP contribution in [0.15, 0.2) is 53.5 Å². The van der Waals surface area contributed by atoms with E-state index in [-0.39, 0.29) is 5.41 Å². The summed E-state index contributed by atoms with van der Waals surface area (Å²) in [6.07, 6.45) is 3.30. The van der Waals surface area contributed by atoms with E-state index >= 15 is 0 Å². The summed E-state index contributed by atoms with van der Waals surface area (Å²) >= 11 is 0. The number of hydrogen-bond donors (Lipinski definition) is 1. The molecule has 0 aliphatic heterocycles. The van der Waals surface area contributed by atoms with Crippen molar-refractivity contribution in [3.63, 3.8) is 0 Å². The first-order valence-corrected chi connectivity index (χ1v) is 8.47. The maximum absolute atomic E-state index is 8.35. The second-order valence-electron chi connectivity index (χ2n) is 7.32. The number of pyridine rings is 1. The Bertz CT molecular complexity index is 697. The second-order valence-corrected chi connectivity index (χ2v) is 7.32. The van der Waals surface area contributed by atoms with Crippen molar-refractivity contribution in [1.82, 2.24) is 4.98 Å². The smallest absolute Gasteiger partial charge is 0.0840 e. The molecule has 1 heterocycles. The van der Waals surface area contributed by atoms with E-state index in [0.717, 1.165) is 23.5 Å². The number of aromatic nitrogens is 1. The predicted octanol–water partition coefficient (Wildman–Crippen LogP) is 5.47. The van der Waals surface area contributed by atoms with Crippen molar-refractivity contribution in [2.24, 2.45) is 16.3 Å². The molecule has 0 aliphatic carbocycles. The molecule has 1 atom stereocenters. The average Bonchev–Trinajstić information content (AvgIpc) is 2.55.